The van der Waals surface area contributed by atoms with E-state index in [0.29, 0.717) is 11.4 Å². The molecular weight excluding hydrogens is 330 g/mol. The van der Waals surface area contributed by atoms with Crippen LogP contribution in [0.15, 0.2) is 47.4 Å². The van der Waals surface area contributed by atoms with Gasteiger partial charge in [-0.2, -0.15) is 0 Å². The molecule has 2 aromatic rings. The summed E-state index contributed by atoms with van der Waals surface area (Å²) in [4.78, 5) is 36.8. The Kier molecular flexibility index (Phi) is 5.65. The molecule has 2 rings (SSSR count). The lowest BCUT2D eigenvalue weighted by molar-refractivity contribution is -0.123. The third-order valence-corrected chi connectivity index (χ3v) is 3.70. The topological polar surface area (TPSA) is 80.2 Å². The molecule has 0 radical (unpaired) electrons. The minimum atomic E-state index is -0.492. The number of pyridine rings is 1. The molecule has 0 aliphatic rings. The minimum Gasteiger partial charge on any atom is -0.350 e. The molecular formula is C20H25N3O3. The van der Waals surface area contributed by atoms with Gasteiger partial charge in [0.15, 0.2) is 0 Å². The molecule has 0 spiro atoms. The van der Waals surface area contributed by atoms with Crippen molar-refractivity contribution in [1.82, 2.24) is 9.88 Å². The number of carbonyl (C=O) groups is 2. The number of benzene rings is 1. The summed E-state index contributed by atoms with van der Waals surface area (Å²) in [5.74, 6) is -0.483. The molecule has 138 valence electrons. The Bertz CT molecular complexity index is 859. The van der Waals surface area contributed by atoms with Crippen molar-refractivity contribution < 1.29 is 9.59 Å². The number of aromatic nitrogens is 1. The maximum absolute atomic E-state index is 12.6. The molecule has 6 nitrogen and oxygen atoms in total. The van der Waals surface area contributed by atoms with Gasteiger partial charge in [-0.3, -0.25) is 19.0 Å². The monoisotopic (exact) mass is 355 g/mol. The van der Waals surface area contributed by atoms with Gasteiger partial charge in [0.25, 0.3) is 11.5 Å². The molecule has 2 N–H and O–H groups in total. The highest BCUT2D eigenvalue weighted by molar-refractivity contribution is 5.95. The van der Waals surface area contributed by atoms with E-state index in [1.165, 1.54) is 10.6 Å². The predicted octanol–water partition coefficient (Wildman–Crippen LogP) is 2.96. The van der Waals surface area contributed by atoms with E-state index in [0.717, 1.165) is 0 Å². The van der Waals surface area contributed by atoms with Crippen molar-refractivity contribution in [3.05, 3.63) is 58.5 Å². The lowest BCUT2D eigenvalue weighted by atomic mass is 9.95. The Labute approximate surface area is 153 Å². The van der Waals surface area contributed by atoms with Crippen LogP contribution in [0.5, 0.6) is 0 Å². The molecule has 6 heteroatoms. The Morgan fingerprint density at radius 1 is 1.04 bits per heavy atom. The SMILES string of the molecule is CC(C)NC(=O)c1cccn(-c2ccc(NC(=O)C(C)(C)C)cc2)c1=O. The number of hydrogen-bond donors (Lipinski definition) is 2. The van der Waals surface area contributed by atoms with E-state index in [1.807, 2.05) is 34.6 Å². The van der Waals surface area contributed by atoms with Crippen LogP contribution in [0.3, 0.4) is 0 Å². The van der Waals surface area contributed by atoms with E-state index in [4.69, 9.17) is 0 Å². The highest BCUT2D eigenvalue weighted by Gasteiger charge is 2.21. The van der Waals surface area contributed by atoms with Gasteiger partial charge >= 0.3 is 0 Å². The van der Waals surface area contributed by atoms with Crippen LogP contribution in [0.1, 0.15) is 45.0 Å². The highest BCUT2D eigenvalue weighted by Crippen LogP contribution is 2.18. The van der Waals surface area contributed by atoms with Gasteiger partial charge in [0, 0.05) is 29.0 Å². The second kappa shape index (κ2) is 7.56. The zero-order valence-corrected chi connectivity index (χ0v) is 15.8. The molecule has 0 saturated heterocycles. The maximum Gasteiger partial charge on any atom is 0.267 e. The van der Waals surface area contributed by atoms with E-state index < -0.39 is 16.9 Å². The number of amides is 2. The fourth-order valence-electron chi connectivity index (χ4n) is 2.23. The van der Waals surface area contributed by atoms with Gasteiger partial charge in [0.2, 0.25) is 5.91 Å². The molecule has 2 amide bonds. The van der Waals surface area contributed by atoms with Gasteiger partial charge in [0.1, 0.15) is 5.56 Å². The molecule has 0 fully saturated rings. The van der Waals surface area contributed by atoms with Crippen molar-refractivity contribution in [2.45, 2.75) is 40.7 Å². The quantitative estimate of drug-likeness (QED) is 0.885. The van der Waals surface area contributed by atoms with Crippen LogP contribution >= 0.6 is 0 Å². The molecule has 0 saturated carbocycles. The van der Waals surface area contributed by atoms with E-state index in [1.54, 1.807) is 36.5 Å². The molecule has 1 heterocycles. The summed E-state index contributed by atoms with van der Waals surface area (Å²) in [6.07, 6.45) is 1.61. The molecule has 0 unspecified atom stereocenters. The van der Waals surface area contributed by atoms with Crippen LogP contribution < -0.4 is 16.2 Å². The Hall–Kier alpha value is -2.89. The van der Waals surface area contributed by atoms with Gasteiger partial charge in [0.05, 0.1) is 0 Å². The zero-order valence-electron chi connectivity index (χ0n) is 15.8. The number of nitrogens with zero attached hydrogens (tertiary/aromatic N) is 1. The zero-order chi connectivity index (χ0) is 19.5. The Morgan fingerprint density at radius 3 is 2.19 bits per heavy atom. The number of rotatable bonds is 4. The Morgan fingerprint density at radius 2 is 1.65 bits per heavy atom. The van der Waals surface area contributed by atoms with Gasteiger partial charge in [-0.1, -0.05) is 20.8 Å². The largest absolute Gasteiger partial charge is 0.350 e. The maximum atomic E-state index is 12.6. The first-order valence-electron chi connectivity index (χ1n) is 8.54. The summed E-state index contributed by atoms with van der Waals surface area (Å²) in [6.45, 7) is 9.19. The molecule has 26 heavy (non-hydrogen) atoms. The molecule has 0 aliphatic heterocycles. The summed E-state index contributed by atoms with van der Waals surface area (Å²) >= 11 is 0. The van der Waals surface area contributed by atoms with Crippen LogP contribution in [-0.4, -0.2) is 22.4 Å². The third kappa shape index (κ3) is 4.59. The van der Waals surface area contributed by atoms with Crippen molar-refractivity contribution in [2.75, 3.05) is 5.32 Å². The first-order chi connectivity index (χ1) is 12.1. The lowest BCUT2D eigenvalue weighted by Gasteiger charge is -2.18. The molecule has 1 aromatic heterocycles. The van der Waals surface area contributed by atoms with Crippen LogP contribution in [0.2, 0.25) is 0 Å². The minimum absolute atomic E-state index is 0.0544. The van der Waals surface area contributed by atoms with Crippen molar-refractivity contribution >= 4 is 17.5 Å². The Balaban J connectivity index is 2.28. The lowest BCUT2D eigenvalue weighted by Crippen LogP contribution is -2.35. The molecule has 0 aliphatic carbocycles. The van der Waals surface area contributed by atoms with Crippen LogP contribution in [0.4, 0.5) is 5.69 Å². The average Bonchev–Trinajstić information content (AvgIpc) is 2.54. The first-order valence-corrected chi connectivity index (χ1v) is 8.54. The number of hydrogen-bond acceptors (Lipinski definition) is 3. The van der Waals surface area contributed by atoms with Crippen LogP contribution in [0.25, 0.3) is 5.69 Å². The van der Waals surface area contributed by atoms with Gasteiger partial charge in [-0.05, 0) is 50.2 Å². The summed E-state index contributed by atoms with van der Waals surface area (Å²) in [5, 5.41) is 5.56. The second-order valence-electron chi connectivity index (χ2n) is 7.48. The standard InChI is InChI=1S/C20H25N3O3/c1-13(2)21-17(24)16-7-6-12-23(18(16)25)15-10-8-14(9-11-15)22-19(26)20(3,4)5/h6-13H,1-5H3,(H,21,24)(H,22,26). The van der Waals surface area contributed by atoms with Crippen molar-refractivity contribution in [3.63, 3.8) is 0 Å². The highest BCUT2D eigenvalue weighted by atomic mass is 16.2. The van der Waals surface area contributed by atoms with E-state index in [2.05, 4.69) is 10.6 Å². The van der Waals surface area contributed by atoms with Gasteiger partial charge in [-0.15, -0.1) is 0 Å². The summed E-state index contributed by atoms with van der Waals surface area (Å²) in [6, 6.07) is 10.0. The van der Waals surface area contributed by atoms with E-state index >= 15 is 0 Å². The van der Waals surface area contributed by atoms with Crippen LogP contribution in [-0.2, 0) is 4.79 Å². The van der Waals surface area contributed by atoms with Gasteiger partial charge in [-0.25, -0.2) is 0 Å². The number of anilines is 1. The number of carbonyl (C=O) groups excluding carboxylic acids is 2. The predicted molar refractivity (Wildman–Crippen MR) is 103 cm³/mol. The third-order valence-electron chi connectivity index (χ3n) is 3.70. The molecule has 0 atom stereocenters. The normalized spacial score (nSPS) is 11.3. The first kappa shape index (κ1) is 19.4. The fraction of sp³-hybridized carbons (Fsp3) is 0.350. The van der Waals surface area contributed by atoms with Crippen LogP contribution in [0, 0.1) is 5.41 Å². The summed E-state index contributed by atoms with van der Waals surface area (Å²) < 4.78 is 1.41. The summed E-state index contributed by atoms with van der Waals surface area (Å²) in [7, 11) is 0. The second-order valence-corrected chi connectivity index (χ2v) is 7.48. The van der Waals surface area contributed by atoms with E-state index in [-0.39, 0.29) is 17.5 Å². The number of nitrogens with one attached hydrogen (secondary N) is 2. The average molecular weight is 355 g/mol. The molecule has 1 aromatic carbocycles. The molecule has 0 bridgehead atoms. The van der Waals surface area contributed by atoms with Crippen molar-refractivity contribution in [3.8, 4) is 5.69 Å². The smallest absolute Gasteiger partial charge is 0.267 e. The fourth-order valence-corrected chi connectivity index (χ4v) is 2.23. The van der Waals surface area contributed by atoms with Crippen molar-refractivity contribution in [2.24, 2.45) is 5.41 Å². The van der Waals surface area contributed by atoms with Crippen molar-refractivity contribution in [1.29, 1.82) is 0 Å². The van der Waals surface area contributed by atoms with E-state index in [9.17, 15) is 14.4 Å². The van der Waals surface area contributed by atoms with Gasteiger partial charge < -0.3 is 10.6 Å². The summed E-state index contributed by atoms with van der Waals surface area (Å²) in [5.41, 5.74) is 0.468.